The Hall–Kier alpha value is -1.16. The predicted molar refractivity (Wildman–Crippen MR) is 68.2 cm³/mol. The average molecular weight is 280 g/mol. The van der Waals surface area contributed by atoms with E-state index < -0.39 is 0 Å². The van der Waals surface area contributed by atoms with Gasteiger partial charge in [0.25, 0.3) is 0 Å². The summed E-state index contributed by atoms with van der Waals surface area (Å²) in [5.74, 6) is 0.928. The van der Waals surface area contributed by atoms with E-state index in [2.05, 4.69) is 62.7 Å². The van der Waals surface area contributed by atoms with Gasteiger partial charge < -0.3 is 4.57 Å². The van der Waals surface area contributed by atoms with E-state index in [4.69, 9.17) is 0 Å². The fraction of sp³-hybridized carbons (Fsp3) is 0.333. The maximum atomic E-state index is 4.19. The highest BCUT2D eigenvalue weighted by Gasteiger charge is 2.10. The molecule has 0 unspecified atom stereocenters. The first-order valence-electron chi connectivity index (χ1n) is 5.36. The molecule has 1 aromatic carbocycles. The molecule has 1 aromatic heterocycles. The highest BCUT2D eigenvalue weighted by molar-refractivity contribution is 9.10. The zero-order valence-corrected chi connectivity index (χ0v) is 11.0. The van der Waals surface area contributed by atoms with Crippen LogP contribution in [0.3, 0.4) is 0 Å². The van der Waals surface area contributed by atoms with Gasteiger partial charge in [-0.3, -0.25) is 0 Å². The molecule has 4 heteroatoms. The van der Waals surface area contributed by atoms with Crippen molar-refractivity contribution in [2.24, 2.45) is 0 Å². The molecule has 0 radical (unpaired) electrons. The van der Waals surface area contributed by atoms with Crippen LogP contribution in [-0.2, 0) is 6.54 Å². The molecular formula is C12H14BrN3. The predicted octanol–water partition coefficient (Wildman–Crippen LogP) is 3.43. The van der Waals surface area contributed by atoms with Crippen molar-refractivity contribution in [2.75, 3.05) is 0 Å². The number of halogens is 1. The molecule has 16 heavy (non-hydrogen) atoms. The van der Waals surface area contributed by atoms with Gasteiger partial charge in [-0.15, -0.1) is 10.2 Å². The summed E-state index contributed by atoms with van der Waals surface area (Å²) in [6.07, 6.45) is 2.86. The van der Waals surface area contributed by atoms with E-state index in [1.165, 1.54) is 5.56 Å². The molecular weight excluding hydrogens is 266 g/mol. The van der Waals surface area contributed by atoms with Crippen molar-refractivity contribution >= 4 is 15.9 Å². The van der Waals surface area contributed by atoms with Crippen LogP contribution >= 0.6 is 15.9 Å². The molecule has 0 bridgehead atoms. The first kappa shape index (κ1) is 11.3. The second-order valence-corrected chi connectivity index (χ2v) is 4.69. The Balaban J connectivity index is 2.49. The molecule has 0 aliphatic rings. The number of hydrogen-bond donors (Lipinski definition) is 0. The Morgan fingerprint density at radius 2 is 2.19 bits per heavy atom. The van der Waals surface area contributed by atoms with Crippen LogP contribution in [-0.4, -0.2) is 14.8 Å². The molecule has 1 heterocycles. The van der Waals surface area contributed by atoms with E-state index >= 15 is 0 Å². The van der Waals surface area contributed by atoms with Gasteiger partial charge in [0.05, 0.1) is 0 Å². The van der Waals surface area contributed by atoms with Crippen LogP contribution in [0, 0.1) is 6.92 Å². The lowest BCUT2D eigenvalue weighted by molar-refractivity contribution is 0.682. The minimum Gasteiger partial charge on any atom is -0.314 e. The van der Waals surface area contributed by atoms with Crippen LogP contribution in [0.2, 0.25) is 0 Å². The van der Waals surface area contributed by atoms with Gasteiger partial charge in [0.1, 0.15) is 6.33 Å². The van der Waals surface area contributed by atoms with Crippen LogP contribution in [0.4, 0.5) is 0 Å². The van der Waals surface area contributed by atoms with Crippen LogP contribution in [0.15, 0.2) is 29.0 Å². The monoisotopic (exact) mass is 279 g/mol. The minimum absolute atomic E-state index is 0.928. The van der Waals surface area contributed by atoms with Crippen molar-refractivity contribution in [1.29, 1.82) is 0 Å². The van der Waals surface area contributed by atoms with Gasteiger partial charge >= 0.3 is 0 Å². The fourth-order valence-corrected chi connectivity index (χ4v) is 2.10. The first-order chi connectivity index (χ1) is 7.72. The third-order valence-corrected chi connectivity index (χ3v) is 3.13. The van der Waals surface area contributed by atoms with Crippen molar-refractivity contribution in [3.05, 3.63) is 34.6 Å². The summed E-state index contributed by atoms with van der Waals surface area (Å²) in [6, 6.07) is 6.25. The molecule has 0 saturated carbocycles. The third-order valence-electron chi connectivity index (χ3n) is 2.44. The van der Waals surface area contributed by atoms with E-state index in [1.54, 1.807) is 6.33 Å². The van der Waals surface area contributed by atoms with Crippen LogP contribution in [0.5, 0.6) is 0 Å². The first-order valence-corrected chi connectivity index (χ1v) is 6.16. The number of aromatic nitrogens is 3. The normalized spacial score (nSPS) is 10.7. The van der Waals surface area contributed by atoms with Gasteiger partial charge in [-0.1, -0.05) is 34.5 Å². The highest BCUT2D eigenvalue weighted by atomic mass is 79.9. The van der Waals surface area contributed by atoms with Gasteiger partial charge in [-0.2, -0.15) is 0 Å². The van der Waals surface area contributed by atoms with Crippen molar-refractivity contribution < 1.29 is 0 Å². The van der Waals surface area contributed by atoms with E-state index in [0.29, 0.717) is 0 Å². The molecule has 0 N–H and O–H groups in total. The van der Waals surface area contributed by atoms with Crippen molar-refractivity contribution in [2.45, 2.75) is 26.8 Å². The molecule has 0 fully saturated rings. The number of benzene rings is 1. The molecule has 0 saturated heterocycles. The summed E-state index contributed by atoms with van der Waals surface area (Å²) in [7, 11) is 0. The topological polar surface area (TPSA) is 30.7 Å². The van der Waals surface area contributed by atoms with Gasteiger partial charge in [0.15, 0.2) is 5.82 Å². The zero-order valence-electron chi connectivity index (χ0n) is 9.44. The number of aryl methyl sites for hydroxylation is 2. The lowest BCUT2D eigenvalue weighted by atomic mass is 10.1. The maximum Gasteiger partial charge on any atom is 0.164 e. The van der Waals surface area contributed by atoms with Crippen LogP contribution in [0.25, 0.3) is 11.4 Å². The lowest BCUT2D eigenvalue weighted by Crippen LogP contribution is -1.99. The van der Waals surface area contributed by atoms with Crippen molar-refractivity contribution in [1.82, 2.24) is 14.8 Å². The van der Waals surface area contributed by atoms with Crippen LogP contribution < -0.4 is 0 Å². The number of nitrogens with zero attached hydrogens (tertiary/aromatic N) is 3. The maximum absolute atomic E-state index is 4.19. The SMILES string of the molecule is CCCn1cnnc1-c1cc(C)ccc1Br. The molecule has 84 valence electrons. The van der Waals surface area contributed by atoms with Gasteiger partial charge in [-0.05, 0) is 25.5 Å². The molecule has 2 aromatic rings. The molecule has 0 aliphatic carbocycles. The van der Waals surface area contributed by atoms with Crippen LogP contribution in [0.1, 0.15) is 18.9 Å². The summed E-state index contributed by atoms with van der Waals surface area (Å²) in [5, 5.41) is 8.17. The van der Waals surface area contributed by atoms with Gasteiger partial charge in [-0.25, -0.2) is 0 Å². The van der Waals surface area contributed by atoms with E-state index in [-0.39, 0.29) is 0 Å². The molecule has 0 atom stereocenters. The smallest absolute Gasteiger partial charge is 0.164 e. The Labute approximate surface area is 104 Å². The Morgan fingerprint density at radius 1 is 1.38 bits per heavy atom. The quantitative estimate of drug-likeness (QED) is 0.862. The van der Waals surface area contributed by atoms with Gasteiger partial charge in [0, 0.05) is 16.6 Å². The fourth-order valence-electron chi connectivity index (χ4n) is 1.68. The summed E-state index contributed by atoms with van der Waals surface area (Å²) in [4.78, 5) is 0. The van der Waals surface area contributed by atoms with E-state index in [0.717, 1.165) is 28.8 Å². The van der Waals surface area contributed by atoms with E-state index in [9.17, 15) is 0 Å². The Kier molecular flexibility index (Phi) is 3.39. The molecule has 2 rings (SSSR count). The highest BCUT2D eigenvalue weighted by Crippen LogP contribution is 2.27. The summed E-state index contributed by atoms with van der Waals surface area (Å²) in [6.45, 7) is 5.17. The second-order valence-electron chi connectivity index (χ2n) is 3.83. The van der Waals surface area contributed by atoms with E-state index in [1.807, 2.05) is 0 Å². The van der Waals surface area contributed by atoms with Gasteiger partial charge in [0.2, 0.25) is 0 Å². The average Bonchev–Trinajstić information content (AvgIpc) is 2.70. The summed E-state index contributed by atoms with van der Waals surface area (Å²) in [5.41, 5.74) is 2.33. The lowest BCUT2D eigenvalue weighted by Gasteiger charge is -2.07. The molecule has 0 spiro atoms. The second kappa shape index (κ2) is 4.78. The standard InChI is InChI=1S/C12H14BrN3/c1-3-6-16-8-14-15-12(16)10-7-9(2)4-5-11(10)13/h4-5,7-8H,3,6H2,1-2H3. The Bertz CT molecular complexity index is 491. The molecule has 0 amide bonds. The minimum atomic E-state index is 0.928. The molecule has 0 aliphatic heterocycles. The summed E-state index contributed by atoms with van der Waals surface area (Å²) >= 11 is 3.56. The van der Waals surface area contributed by atoms with Crippen molar-refractivity contribution in [3.8, 4) is 11.4 Å². The summed E-state index contributed by atoms with van der Waals surface area (Å²) < 4.78 is 3.14. The number of rotatable bonds is 3. The molecule has 3 nitrogen and oxygen atoms in total. The largest absolute Gasteiger partial charge is 0.314 e. The third kappa shape index (κ3) is 2.16. The van der Waals surface area contributed by atoms with Crippen molar-refractivity contribution in [3.63, 3.8) is 0 Å². The zero-order chi connectivity index (χ0) is 11.5. The number of hydrogen-bond acceptors (Lipinski definition) is 2. The Morgan fingerprint density at radius 3 is 2.94 bits per heavy atom.